The molecule has 0 aliphatic carbocycles. The minimum atomic E-state index is -5.38. The van der Waals surface area contributed by atoms with Crippen molar-refractivity contribution in [2.24, 2.45) is 0 Å². The summed E-state index contributed by atoms with van der Waals surface area (Å²) < 4.78 is 26.9. The largest absolute Gasteiger partial charge is 1.00 e. The van der Waals surface area contributed by atoms with Gasteiger partial charge in [-0.25, -0.2) is 4.79 Å². The number of rotatable bonds is 3. The van der Waals surface area contributed by atoms with Crippen LogP contribution in [0.2, 0.25) is 0 Å². The Kier molecular flexibility index (Phi) is 12.0. The van der Waals surface area contributed by atoms with Gasteiger partial charge in [0.2, 0.25) is 7.60 Å². The summed E-state index contributed by atoms with van der Waals surface area (Å²) in [6.07, 6.45) is 0. The van der Waals surface area contributed by atoms with Crippen molar-refractivity contribution < 1.29 is 96.8 Å². The van der Waals surface area contributed by atoms with Crippen molar-refractivity contribution in [3.63, 3.8) is 0 Å². The Hall–Kier alpha value is 1.77. The summed E-state index contributed by atoms with van der Waals surface area (Å²) in [5.41, 5.74) is -2.16. The van der Waals surface area contributed by atoms with Crippen molar-refractivity contribution in [2.45, 2.75) is 0 Å². The molecule has 8 nitrogen and oxygen atoms in total. The van der Waals surface area contributed by atoms with Crippen molar-refractivity contribution >= 4 is 21.1 Å². The molecule has 0 aromatic rings. The van der Waals surface area contributed by atoms with E-state index < -0.39 is 21.1 Å². The van der Waals surface area contributed by atoms with Crippen molar-refractivity contribution in [3.8, 4) is 0 Å². The van der Waals surface area contributed by atoms with E-state index in [2.05, 4.69) is 9.05 Å². The predicted octanol–water partition coefficient (Wildman–Crippen LogP) is -7.21. The zero-order chi connectivity index (χ0) is 9.99. The van der Waals surface area contributed by atoms with Gasteiger partial charge in [0.15, 0.2) is 0 Å². The molecular weight excluding hydrogens is 260 g/mol. The molecule has 1 N–H and O–H groups in total. The number of carbonyl (C=O) groups excluding carboxylic acids is 1. The third-order valence-electron chi connectivity index (χ3n) is 0.657. The second kappa shape index (κ2) is 7.95. The molecule has 0 aliphatic rings. The van der Waals surface area contributed by atoms with Crippen molar-refractivity contribution in [1.82, 2.24) is 0 Å². The van der Waals surface area contributed by atoms with Gasteiger partial charge in [-0.15, -0.1) is 0 Å². The Labute approximate surface area is 124 Å². The Morgan fingerprint density at radius 1 is 1.29 bits per heavy atom. The monoisotopic (exact) mass is 264 g/mol. The molecule has 0 spiro atoms. The van der Waals surface area contributed by atoms with Crippen molar-refractivity contribution in [3.05, 3.63) is 0 Å². The molecule has 0 aromatic heterocycles. The van der Waals surface area contributed by atoms with Crippen LogP contribution in [0.3, 0.4) is 0 Å². The van der Waals surface area contributed by atoms with Crippen molar-refractivity contribution in [1.29, 1.82) is 0 Å². The first kappa shape index (κ1) is 21.1. The molecule has 14 heavy (non-hydrogen) atoms. The summed E-state index contributed by atoms with van der Waals surface area (Å²) in [6, 6.07) is 0. The predicted molar refractivity (Wildman–Crippen MR) is 30.9 cm³/mol. The second-order valence-electron chi connectivity index (χ2n) is 1.51. The topological polar surface area (TPSA) is 136 Å². The molecule has 12 heteroatoms. The summed E-state index contributed by atoms with van der Waals surface area (Å²) >= 11 is 0. The molecule has 0 amide bonds. The third kappa shape index (κ3) is 9.03. The Morgan fingerprint density at radius 2 is 1.64 bits per heavy atom. The van der Waals surface area contributed by atoms with E-state index in [9.17, 15) is 23.7 Å². The maximum Gasteiger partial charge on any atom is 1.00 e. The molecule has 0 saturated heterocycles. The minimum absolute atomic E-state index is 0. The van der Waals surface area contributed by atoms with E-state index in [1.165, 1.54) is 0 Å². The first-order chi connectivity index (χ1) is 5.19. The van der Waals surface area contributed by atoms with Gasteiger partial charge in [-0.3, -0.25) is 9.13 Å². The van der Waals surface area contributed by atoms with E-state index in [1.54, 1.807) is 0 Å². The van der Waals surface area contributed by atoms with Crippen LogP contribution in [0.5, 0.6) is 0 Å². The van der Waals surface area contributed by atoms with E-state index >= 15 is 0 Å². The quantitative estimate of drug-likeness (QED) is 0.392. The fourth-order valence-corrected chi connectivity index (χ4v) is 1.28. The summed E-state index contributed by atoms with van der Waals surface area (Å²) in [6.45, 7) is 0. The van der Waals surface area contributed by atoms with Gasteiger partial charge in [0.05, 0.1) is 0 Å². The summed E-state index contributed by atoms with van der Waals surface area (Å²) in [5, 5.41) is 0. The van der Waals surface area contributed by atoms with Crippen LogP contribution in [-0.2, 0) is 18.2 Å². The van der Waals surface area contributed by atoms with Gasteiger partial charge in [-0.05, 0) is 0 Å². The van der Waals surface area contributed by atoms with Gasteiger partial charge >= 0.3 is 72.6 Å². The standard InChI is InChI=1S/C2H6O8P2.2Na/c1-9-11(4,5)2(3)10-12(6,7)8;;/h1H3,(H,4,5)(H2,6,7,8);;/q;2*+1/p-2. The van der Waals surface area contributed by atoms with Gasteiger partial charge in [0.1, 0.15) is 0 Å². The van der Waals surface area contributed by atoms with Crippen LogP contribution in [0.15, 0.2) is 0 Å². The first-order valence-electron chi connectivity index (χ1n) is 2.34. The molecule has 0 rings (SSSR count). The zero-order valence-corrected chi connectivity index (χ0v) is 13.5. The summed E-state index contributed by atoms with van der Waals surface area (Å²) in [7, 11) is -9.75. The summed E-state index contributed by atoms with van der Waals surface area (Å²) in [4.78, 5) is 38.3. The van der Waals surface area contributed by atoms with Crippen LogP contribution in [0.25, 0.3) is 0 Å². The van der Waals surface area contributed by atoms with Crippen LogP contribution in [0, 0.1) is 0 Å². The van der Waals surface area contributed by atoms with Gasteiger partial charge in [-0.1, -0.05) is 0 Å². The molecule has 0 aliphatic heterocycles. The van der Waals surface area contributed by atoms with Crippen molar-refractivity contribution in [2.75, 3.05) is 7.11 Å². The molecule has 0 heterocycles. The number of phosphoric acid groups is 1. The van der Waals surface area contributed by atoms with Crippen LogP contribution in [-0.4, -0.2) is 17.7 Å². The Bertz CT molecular complexity index is 271. The van der Waals surface area contributed by atoms with Crippen LogP contribution in [0.4, 0.5) is 4.79 Å². The van der Waals surface area contributed by atoms with Gasteiger partial charge in [0.25, 0.3) is 0 Å². The van der Waals surface area contributed by atoms with E-state index in [1.807, 2.05) is 0 Å². The minimum Gasteiger partial charge on any atom is -0.770 e. The van der Waals surface area contributed by atoms with Gasteiger partial charge < -0.3 is 23.7 Å². The maximum absolute atomic E-state index is 10.3. The van der Waals surface area contributed by atoms with Gasteiger partial charge in [0, 0.05) is 7.11 Å². The van der Waals surface area contributed by atoms with Crippen LogP contribution >= 0.6 is 15.4 Å². The maximum atomic E-state index is 10.3. The smallest absolute Gasteiger partial charge is 0.770 e. The van der Waals surface area contributed by atoms with E-state index in [-0.39, 0.29) is 59.1 Å². The molecule has 0 fully saturated rings. The number of carbonyl (C=O) groups is 1. The number of hydrogen-bond donors (Lipinski definition) is 1. The normalized spacial score (nSPS) is 17.7. The molecule has 72 valence electrons. The third-order valence-corrected chi connectivity index (χ3v) is 2.22. The molecule has 0 radical (unpaired) electrons. The van der Waals surface area contributed by atoms with Crippen LogP contribution in [0.1, 0.15) is 0 Å². The molecule has 0 aromatic carbocycles. The van der Waals surface area contributed by atoms with E-state index in [0.29, 0.717) is 7.11 Å². The first-order valence-corrected chi connectivity index (χ1v) is 5.37. The second-order valence-corrected chi connectivity index (χ2v) is 4.35. The molecule has 2 unspecified atom stereocenters. The fourth-order valence-electron chi connectivity index (χ4n) is 0.223. The molecule has 0 bridgehead atoms. The fraction of sp³-hybridized carbons (Fsp3) is 0.500. The van der Waals surface area contributed by atoms with Gasteiger partial charge in [-0.2, -0.15) is 0 Å². The zero-order valence-electron chi connectivity index (χ0n) is 7.70. The summed E-state index contributed by atoms with van der Waals surface area (Å²) in [5.74, 6) is 0. The average Bonchev–Trinajstić information content (AvgIpc) is 1.84. The van der Waals surface area contributed by atoms with E-state index in [4.69, 9.17) is 4.89 Å². The number of hydrogen-bond acceptors (Lipinski definition) is 7. The Morgan fingerprint density at radius 3 is 1.86 bits per heavy atom. The Balaban J connectivity index is -0.000000605. The average molecular weight is 264 g/mol. The van der Waals surface area contributed by atoms with E-state index in [0.717, 1.165) is 0 Å². The number of phosphoric ester groups is 1. The molecular formula is C2H4Na2O8P2. The SMILES string of the molecule is COP(=O)([O-])C(=O)OP(=O)([O-])O.[Na+].[Na+]. The molecule has 2 atom stereocenters. The van der Waals surface area contributed by atoms with Crippen LogP contribution < -0.4 is 68.9 Å². The molecule has 0 saturated carbocycles.